The minimum atomic E-state index is -0.460. The topological polar surface area (TPSA) is 78.9 Å². The fourth-order valence-electron chi connectivity index (χ4n) is 2.37. The Morgan fingerprint density at radius 2 is 2.19 bits per heavy atom. The van der Waals surface area contributed by atoms with Gasteiger partial charge in [0.25, 0.3) is 5.91 Å². The molecule has 0 radical (unpaired) electrons. The number of hydrogen-bond donors (Lipinski definition) is 2. The van der Waals surface area contributed by atoms with Crippen molar-refractivity contribution < 1.29 is 19.4 Å². The number of nitrogens with zero attached hydrogens (tertiary/aromatic N) is 1. The third-order valence-electron chi connectivity index (χ3n) is 3.49. The SMILES string of the molecule is COC(=O)CNc1ccccc1C(=O)N1CCC[C@H](O)C1. The first-order valence-electron chi connectivity index (χ1n) is 6.99. The number of likely N-dealkylation sites (tertiary alicyclic amines) is 1. The number of esters is 1. The number of carbonyl (C=O) groups is 2. The molecule has 1 fully saturated rings. The Hall–Kier alpha value is -2.08. The van der Waals surface area contributed by atoms with Crippen molar-refractivity contribution in [3.8, 4) is 0 Å². The Morgan fingerprint density at radius 3 is 2.90 bits per heavy atom. The van der Waals surface area contributed by atoms with Gasteiger partial charge in [-0.1, -0.05) is 12.1 Å². The summed E-state index contributed by atoms with van der Waals surface area (Å²) in [4.78, 5) is 25.4. The van der Waals surface area contributed by atoms with Gasteiger partial charge in [-0.2, -0.15) is 0 Å². The number of anilines is 1. The molecule has 0 saturated carbocycles. The molecule has 1 atom stereocenters. The third kappa shape index (κ3) is 3.95. The molecule has 114 valence electrons. The molecule has 21 heavy (non-hydrogen) atoms. The number of β-amino-alcohol motifs (C(OH)–C–C–N with tert-alkyl or cyclic N) is 1. The van der Waals surface area contributed by atoms with E-state index in [0.29, 0.717) is 24.3 Å². The fraction of sp³-hybridized carbons (Fsp3) is 0.467. The highest BCUT2D eigenvalue weighted by molar-refractivity contribution is 6.00. The number of methoxy groups -OCH3 is 1. The number of aliphatic hydroxyl groups excluding tert-OH is 1. The van der Waals surface area contributed by atoms with Gasteiger partial charge in [0.15, 0.2) is 0 Å². The number of benzene rings is 1. The molecule has 0 aromatic heterocycles. The fourth-order valence-corrected chi connectivity index (χ4v) is 2.37. The summed E-state index contributed by atoms with van der Waals surface area (Å²) < 4.78 is 4.57. The van der Waals surface area contributed by atoms with Crippen LogP contribution in [0.5, 0.6) is 0 Å². The zero-order chi connectivity index (χ0) is 15.2. The van der Waals surface area contributed by atoms with Crippen molar-refractivity contribution in [2.75, 3.05) is 32.1 Å². The maximum atomic E-state index is 12.5. The van der Waals surface area contributed by atoms with E-state index in [1.807, 2.05) is 0 Å². The molecule has 0 bridgehead atoms. The summed E-state index contributed by atoms with van der Waals surface area (Å²) in [5.41, 5.74) is 1.09. The van der Waals surface area contributed by atoms with Crippen LogP contribution in [-0.2, 0) is 9.53 Å². The second-order valence-electron chi connectivity index (χ2n) is 5.02. The number of amides is 1. The van der Waals surface area contributed by atoms with Crippen molar-refractivity contribution in [3.05, 3.63) is 29.8 Å². The van der Waals surface area contributed by atoms with E-state index in [1.54, 1.807) is 29.2 Å². The van der Waals surface area contributed by atoms with Gasteiger partial charge in [0.05, 0.1) is 18.8 Å². The summed E-state index contributed by atoms with van der Waals surface area (Å²) in [5, 5.41) is 12.6. The third-order valence-corrected chi connectivity index (χ3v) is 3.49. The van der Waals surface area contributed by atoms with Gasteiger partial charge in [-0.05, 0) is 25.0 Å². The van der Waals surface area contributed by atoms with Crippen LogP contribution >= 0.6 is 0 Å². The first kappa shape index (κ1) is 15.3. The van der Waals surface area contributed by atoms with Crippen LogP contribution in [0.15, 0.2) is 24.3 Å². The maximum Gasteiger partial charge on any atom is 0.325 e. The zero-order valence-electron chi connectivity index (χ0n) is 12.0. The predicted molar refractivity (Wildman–Crippen MR) is 78.1 cm³/mol. The Balaban J connectivity index is 2.11. The second-order valence-corrected chi connectivity index (χ2v) is 5.02. The van der Waals surface area contributed by atoms with Gasteiger partial charge in [0, 0.05) is 18.8 Å². The average molecular weight is 292 g/mol. The van der Waals surface area contributed by atoms with Crippen LogP contribution in [-0.4, -0.2) is 54.7 Å². The van der Waals surface area contributed by atoms with E-state index in [0.717, 1.165) is 12.8 Å². The monoisotopic (exact) mass is 292 g/mol. The Labute approximate surface area is 123 Å². The number of piperidine rings is 1. The van der Waals surface area contributed by atoms with Gasteiger partial charge >= 0.3 is 5.97 Å². The molecule has 6 nitrogen and oxygen atoms in total. The molecule has 6 heteroatoms. The number of para-hydroxylation sites is 1. The summed E-state index contributed by atoms with van der Waals surface area (Å²) in [6, 6.07) is 7.03. The summed E-state index contributed by atoms with van der Waals surface area (Å²) >= 11 is 0. The standard InChI is InChI=1S/C15H20N2O4/c1-21-14(19)9-16-13-7-3-2-6-12(13)15(20)17-8-4-5-11(18)10-17/h2-3,6-7,11,16,18H,4-5,8-10H2,1H3/t11-/m0/s1. The van der Waals surface area contributed by atoms with Gasteiger partial charge in [-0.25, -0.2) is 0 Å². The lowest BCUT2D eigenvalue weighted by molar-refractivity contribution is -0.138. The van der Waals surface area contributed by atoms with Crippen LogP contribution in [0.4, 0.5) is 5.69 Å². The van der Waals surface area contributed by atoms with Crippen molar-refractivity contribution >= 4 is 17.6 Å². The molecule has 1 saturated heterocycles. The second kappa shape index (κ2) is 7.08. The van der Waals surface area contributed by atoms with E-state index < -0.39 is 12.1 Å². The highest BCUT2D eigenvalue weighted by Gasteiger charge is 2.24. The first-order chi connectivity index (χ1) is 10.1. The number of carbonyl (C=O) groups excluding carboxylic acids is 2. The molecule has 1 aromatic rings. The minimum absolute atomic E-state index is 0.00339. The van der Waals surface area contributed by atoms with E-state index in [2.05, 4.69) is 10.1 Å². The lowest BCUT2D eigenvalue weighted by atomic mass is 10.1. The van der Waals surface area contributed by atoms with Gasteiger partial charge in [-0.15, -0.1) is 0 Å². The highest BCUT2D eigenvalue weighted by atomic mass is 16.5. The van der Waals surface area contributed by atoms with Gasteiger partial charge in [0.1, 0.15) is 6.54 Å². The molecule has 2 N–H and O–H groups in total. The lowest BCUT2D eigenvalue weighted by Crippen LogP contribution is -2.42. The number of nitrogens with one attached hydrogen (secondary N) is 1. The van der Waals surface area contributed by atoms with Crippen LogP contribution < -0.4 is 5.32 Å². The molecule has 0 unspecified atom stereocenters. The lowest BCUT2D eigenvalue weighted by Gasteiger charge is -2.30. The van der Waals surface area contributed by atoms with Crippen LogP contribution in [0.3, 0.4) is 0 Å². The number of rotatable bonds is 4. The number of hydrogen-bond acceptors (Lipinski definition) is 5. The quantitative estimate of drug-likeness (QED) is 0.805. The molecule has 1 aromatic carbocycles. The molecule has 1 aliphatic rings. The summed E-state index contributed by atoms with van der Waals surface area (Å²) in [7, 11) is 1.32. The molecule has 1 aliphatic heterocycles. The molecule has 2 rings (SSSR count). The highest BCUT2D eigenvalue weighted by Crippen LogP contribution is 2.20. The molecule has 1 heterocycles. The van der Waals surface area contributed by atoms with Gasteiger partial charge < -0.3 is 20.1 Å². The van der Waals surface area contributed by atoms with E-state index in [-0.39, 0.29) is 12.5 Å². The van der Waals surface area contributed by atoms with E-state index in [4.69, 9.17) is 0 Å². The van der Waals surface area contributed by atoms with Crippen molar-refractivity contribution in [2.45, 2.75) is 18.9 Å². The molecule has 0 aliphatic carbocycles. The Bertz CT molecular complexity index is 518. The Kier molecular flexibility index (Phi) is 5.16. The molecular weight excluding hydrogens is 272 g/mol. The van der Waals surface area contributed by atoms with Crippen LogP contribution in [0.25, 0.3) is 0 Å². The average Bonchev–Trinajstić information content (AvgIpc) is 2.52. The first-order valence-corrected chi connectivity index (χ1v) is 6.99. The van der Waals surface area contributed by atoms with Gasteiger partial charge in [0.2, 0.25) is 0 Å². The predicted octanol–water partition coefficient (Wildman–Crippen LogP) is 0.868. The summed E-state index contributed by atoms with van der Waals surface area (Å²) in [6.07, 6.45) is 1.06. The number of aliphatic hydroxyl groups is 1. The smallest absolute Gasteiger partial charge is 0.325 e. The summed E-state index contributed by atoms with van der Waals surface area (Å²) in [5.74, 6) is -0.535. The Morgan fingerprint density at radius 1 is 1.43 bits per heavy atom. The largest absolute Gasteiger partial charge is 0.468 e. The van der Waals surface area contributed by atoms with Crippen molar-refractivity contribution in [1.82, 2.24) is 4.90 Å². The van der Waals surface area contributed by atoms with Crippen molar-refractivity contribution in [3.63, 3.8) is 0 Å². The van der Waals surface area contributed by atoms with E-state index in [1.165, 1.54) is 7.11 Å². The van der Waals surface area contributed by atoms with Crippen molar-refractivity contribution in [1.29, 1.82) is 0 Å². The minimum Gasteiger partial charge on any atom is -0.468 e. The van der Waals surface area contributed by atoms with E-state index in [9.17, 15) is 14.7 Å². The summed E-state index contributed by atoms with van der Waals surface area (Å²) in [6.45, 7) is 0.995. The molecule has 1 amide bonds. The van der Waals surface area contributed by atoms with Crippen molar-refractivity contribution in [2.24, 2.45) is 0 Å². The molecule has 0 spiro atoms. The molecular formula is C15H20N2O4. The normalized spacial score (nSPS) is 18.2. The number of ether oxygens (including phenoxy) is 1. The van der Waals surface area contributed by atoms with E-state index >= 15 is 0 Å². The maximum absolute atomic E-state index is 12.5. The van der Waals surface area contributed by atoms with Crippen LogP contribution in [0.2, 0.25) is 0 Å². The van der Waals surface area contributed by atoms with Crippen LogP contribution in [0, 0.1) is 0 Å². The van der Waals surface area contributed by atoms with Gasteiger partial charge in [-0.3, -0.25) is 9.59 Å². The zero-order valence-corrected chi connectivity index (χ0v) is 12.0. The van der Waals surface area contributed by atoms with Crippen LogP contribution in [0.1, 0.15) is 23.2 Å².